The predicted octanol–water partition coefficient (Wildman–Crippen LogP) is 2.04. The minimum atomic E-state index is 0.615. The van der Waals surface area contributed by atoms with Gasteiger partial charge in [0.05, 0.1) is 17.6 Å². The number of guanidine groups is 1. The first-order valence-corrected chi connectivity index (χ1v) is 8.69. The highest BCUT2D eigenvalue weighted by molar-refractivity contribution is 5.79. The van der Waals surface area contributed by atoms with Gasteiger partial charge < -0.3 is 19.9 Å². The van der Waals surface area contributed by atoms with Crippen LogP contribution < -0.4 is 5.32 Å². The van der Waals surface area contributed by atoms with E-state index < -0.39 is 0 Å². The topological polar surface area (TPSA) is 65.5 Å². The van der Waals surface area contributed by atoms with Crippen molar-refractivity contribution in [2.75, 3.05) is 40.4 Å². The molecule has 0 spiro atoms. The fourth-order valence-corrected chi connectivity index (χ4v) is 3.17. The molecule has 2 heterocycles. The lowest BCUT2D eigenvalue weighted by molar-refractivity contribution is 0.181. The first-order valence-electron chi connectivity index (χ1n) is 8.69. The zero-order valence-corrected chi connectivity index (χ0v) is 14.6. The average molecular weight is 329 g/mol. The summed E-state index contributed by atoms with van der Waals surface area (Å²) in [6.45, 7) is 3.63. The maximum atomic E-state index is 5.45. The molecule has 24 heavy (non-hydrogen) atoms. The van der Waals surface area contributed by atoms with Crippen LogP contribution in [-0.2, 0) is 11.2 Å². The summed E-state index contributed by atoms with van der Waals surface area (Å²) in [7, 11) is 3.93. The number of aliphatic imine (C=N–C) groups is 1. The van der Waals surface area contributed by atoms with Gasteiger partial charge in [-0.3, -0.25) is 4.99 Å². The van der Waals surface area contributed by atoms with Gasteiger partial charge in [0, 0.05) is 46.1 Å². The zero-order valence-electron chi connectivity index (χ0n) is 14.6. The minimum absolute atomic E-state index is 0.615. The number of nitrogens with zero attached hydrogens (tertiary/aromatic N) is 3. The van der Waals surface area contributed by atoms with Crippen LogP contribution >= 0.6 is 0 Å². The summed E-state index contributed by atoms with van der Waals surface area (Å²) in [5.74, 6) is 2.61. The highest BCUT2D eigenvalue weighted by Gasteiger charge is 2.18. The van der Waals surface area contributed by atoms with Crippen molar-refractivity contribution in [2.45, 2.75) is 19.3 Å². The van der Waals surface area contributed by atoms with Crippen molar-refractivity contribution in [2.24, 2.45) is 10.9 Å². The molecule has 1 fully saturated rings. The Morgan fingerprint density at radius 3 is 3.08 bits per heavy atom. The maximum absolute atomic E-state index is 5.45. The Morgan fingerprint density at radius 1 is 1.46 bits per heavy atom. The van der Waals surface area contributed by atoms with E-state index in [2.05, 4.69) is 38.3 Å². The van der Waals surface area contributed by atoms with Crippen molar-refractivity contribution in [3.8, 4) is 0 Å². The number of rotatable bonds is 6. The SMILES string of the molecule is CN=C(NCCCc1nc2ccccc2[nH]1)N(C)CC1CCOC1. The molecule has 0 bridgehead atoms. The van der Waals surface area contributed by atoms with Crippen LogP contribution in [0, 0.1) is 5.92 Å². The van der Waals surface area contributed by atoms with E-state index in [1.807, 2.05) is 25.2 Å². The first-order chi connectivity index (χ1) is 11.8. The number of hydrogen-bond donors (Lipinski definition) is 2. The summed E-state index contributed by atoms with van der Waals surface area (Å²) in [4.78, 5) is 14.6. The third-order valence-electron chi connectivity index (χ3n) is 4.44. The number of H-pyrrole nitrogens is 1. The second-order valence-corrected chi connectivity index (χ2v) is 6.39. The lowest BCUT2D eigenvalue weighted by atomic mass is 10.1. The molecule has 1 saturated heterocycles. The molecule has 1 aromatic carbocycles. The summed E-state index contributed by atoms with van der Waals surface area (Å²) in [5, 5.41) is 3.44. The highest BCUT2D eigenvalue weighted by atomic mass is 16.5. The number of aryl methyl sites for hydroxylation is 1. The van der Waals surface area contributed by atoms with E-state index in [-0.39, 0.29) is 0 Å². The Hall–Kier alpha value is -2.08. The number of aromatic nitrogens is 2. The number of imidazole rings is 1. The first kappa shape index (κ1) is 16.8. The molecule has 3 rings (SSSR count). The number of para-hydroxylation sites is 2. The monoisotopic (exact) mass is 329 g/mol. The number of aromatic amines is 1. The van der Waals surface area contributed by atoms with Gasteiger partial charge in [-0.1, -0.05) is 12.1 Å². The second-order valence-electron chi connectivity index (χ2n) is 6.39. The normalized spacial score (nSPS) is 18.2. The van der Waals surface area contributed by atoms with Crippen molar-refractivity contribution in [3.05, 3.63) is 30.1 Å². The number of hydrogen-bond acceptors (Lipinski definition) is 3. The van der Waals surface area contributed by atoms with E-state index in [4.69, 9.17) is 4.74 Å². The van der Waals surface area contributed by atoms with Crippen LogP contribution in [0.4, 0.5) is 0 Å². The van der Waals surface area contributed by atoms with Gasteiger partial charge >= 0.3 is 0 Å². The third-order valence-corrected chi connectivity index (χ3v) is 4.44. The maximum Gasteiger partial charge on any atom is 0.193 e. The van der Waals surface area contributed by atoms with Crippen molar-refractivity contribution >= 4 is 17.0 Å². The number of nitrogens with one attached hydrogen (secondary N) is 2. The van der Waals surface area contributed by atoms with Gasteiger partial charge in [-0.05, 0) is 25.0 Å². The van der Waals surface area contributed by atoms with Crippen LogP contribution in [0.1, 0.15) is 18.7 Å². The largest absolute Gasteiger partial charge is 0.381 e. The van der Waals surface area contributed by atoms with Crippen LogP contribution in [0.15, 0.2) is 29.3 Å². The molecule has 6 nitrogen and oxygen atoms in total. The van der Waals surface area contributed by atoms with Crippen LogP contribution in [-0.4, -0.2) is 61.2 Å². The summed E-state index contributed by atoms with van der Waals surface area (Å²) in [6.07, 6.45) is 3.09. The zero-order chi connectivity index (χ0) is 16.8. The third kappa shape index (κ3) is 4.26. The molecular formula is C18H27N5O. The quantitative estimate of drug-likeness (QED) is 0.483. The van der Waals surface area contributed by atoms with Crippen LogP contribution in [0.3, 0.4) is 0 Å². The fourth-order valence-electron chi connectivity index (χ4n) is 3.17. The summed E-state index contributed by atoms with van der Waals surface area (Å²) in [5.41, 5.74) is 2.14. The van der Waals surface area contributed by atoms with Crippen molar-refractivity contribution in [3.63, 3.8) is 0 Å². The number of ether oxygens (including phenoxy) is 1. The Labute approximate surface area is 143 Å². The van der Waals surface area contributed by atoms with Gasteiger partial charge in [0.2, 0.25) is 0 Å². The molecule has 2 aromatic rings. The molecule has 1 aromatic heterocycles. The molecule has 0 amide bonds. The lowest BCUT2D eigenvalue weighted by Crippen LogP contribution is -2.41. The Kier molecular flexibility index (Phi) is 5.69. The van der Waals surface area contributed by atoms with Crippen LogP contribution in [0.2, 0.25) is 0 Å². The molecule has 2 N–H and O–H groups in total. The van der Waals surface area contributed by atoms with E-state index >= 15 is 0 Å². The average Bonchev–Trinajstić information content (AvgIpc) is 3.23. The van der Waals surface area contributed by atoms with Crippen LogP contribution in [0.25, 0.3) is 11.0 Å². The standard InChI is InChI=1S/C18H27N5O/c1-19-18(23(2)12-14-9-11-24-13-14)20-10-5-8-17-21-15-6-3-4-7-16(15)22-17/h3-4,6-7,14H,5,8-13H2,1-2H3,(H,19,20)(H,21,22). The molecule has 1 aliphatic rings. The molecule has 1 aliphatic heterocycles. The van der Waals surface area contributed by atoms with Gasteiger partial charge in [-0.25, -0.2) is 4.98 Å². The van der Waals surface area contributed by atoms with E-state index in [0.29, 0.717) is 5.92 Å². The van der Waals surface area contributed by atoms with Gasteiger partial charge in [-0.2, -0.15) is 0 Å². The fraction of sp³-hybridized carbons (Fsp3) is 0.556. The Balaban J connectivity index is 1.42. The molecule has 6 heteroatoms. The molecule has 0 radical (unpaired) electrons. The second kappa shape index (κ2) is 8.15. The lowest BCUT2D eigenvalue weighted by Gasteiger charge is -2.24. The molecule has 1 unspecified atom stereocenters. The molecule has 0 saturated carbocycles. The van der Waals surface area contributed by atoms with Gasteiger partial charge in [0.1, 0.15) is 5.82 Å². The van der Waals surface area contributed by atoms with Gasteiger partial charge in [0.15, 0.2) is 5.96 Å². The number of benzene rings is 1. The van der Waals surface area contributed by atoms with Crippen LogP contribution in [0.5, 0.6) is 0 Å². The number of fused-ring (bicyclic) bond motifs is 1. The molecule has 0 aliphatic carbocycles. The van der Waals surface area contributed by atoms with E-state index in [1.165, 1.54) is 0 Å². The van der Waals surface area contributed by atoms with E-state index in [1.54, 1.807) is 0 Å². The van der Waals surface area contributed by atoms with Crippen molar-refractivity contribution < 1.29 is 4.74 Å². The van der Waals surface area contributed by atoms with Crippen molar-refractivity contribution in [1.82, 2.24) is 20.2 Å². The highest BCUT2D eigenvalue weighted by Crippen LogP contribution is 2.13. The molecule has 1 atom stereocenters. The van der Waals surface area contributed by atoms with E-state index in [0.717, 1.165) is 68.4 Å². The van der Waals surface area contributed by atoms with Crippen molar-refractivity contribution in [1.29, 1.82) is 0 Å². The summed E-state index contributed by atoms with van der Waals surface area (Å²) in [6, 6.07) is 8.15. The minimum Gasteiger partial charge on any atom is -0.381 e. The Morgan fingerprint density at radius 2 is 2.33 bits per heavy atom. The van der Waals surface area contributed by atoms with Gasteiger partial charge in [0.25, 0.3) is 0 Å². The summed E-state index contributed by atoms with van der Waals surface area (Å²) < 4.78 is 5.45. The van der Waals surface area contributed by atoms with E-state index in [9.17, 15) is 0 Å². The smallest absolute Gasteiger partial charge is 0.193 e. The predicted molar refractivity (Wildman–Crippen MR) is 97.3 cm³/mol. The summed E-state index contributed by atoms with van der Waals surface area (Å²) >= 11 is 0. The molecular weight excluding hydrogens is 302 g/mol. The molecule has 130 valence electrons. The Bertz CT molecular complexity index is 642. The van der Waals surface area contributed by atoms with Gasteiger partial charge in [-0.15, -0.1) is 0 Å².